The van der Waals surface area contributed by atoms with Gasteiger partial charge in [0.25, 0.3) is 0 Å². The largest absolute Gasteiger partial charge is 0.289 e. The van der Waals surface area contributed by atoms with Gasteiger partial charge >= 0.3 is 0 Å². The SMILES string of the molecule is Cc1ccnc(-c2cccc(-n3cc(-c4ccc(C(=O)c5ccccc5)cc4)nn3)c2)c1. The van der Waals surface area contributed by atoms with Crippen LogP contribution in [0.25, 0.3) is 28.2 Å². The molecule has 5 heteroatoms. The number of rotatable bonds is 5. The Morgan fingerprint density at radius 2 is 1.53 bits per heavy atom. The first-order valence-corrected chi connectivity index (χ1v) is 10.3. The molecular weight excluding hydrogens is 396 g/mol. The van der Waals surface area contributed by atoms with E-state index in [1.54, 1.807) is 4.68 Å². The second-order valence-electron chi connectivity index (χ2n) is 7.59. The molecule has 32 heavy (non-hydrogen) atoms. The molecule has 0 aliphatic carbocycles. The molecule has 3 aromatic carbocycles. The third-order valence-corrected chi connectivity index (χ3v) is 5.29. The van der Waals surface area contributed by atoms with Crippen molar-refractivity contribution in [1.29, 1.82) is 0 Å². The Kier molecular flexibility index (Phi) is 5.14. The summed E-state index contributed by atoms with van der Waals surface area (Å²) in [4.78, 5) is 17.1. The van der Waals surface area contributed by atoms with Gasteiger partial charge in [0.15, 0.2) is 5.78 Å². The van der Waals surface area contributed by atoms with Gasteiger partial charge in [-0.15, -0.1) is 5.10 Å². The average Bonchev–Trinajstić information content (AvgIpc) is 3.35. The molecular formula is C27H20N4O. The van der Waals surface area contributed by atoms with Crippen molar-refractivity contribution < 1.29 is 4.79 Å². The summed E-state index contributed by atoms with van der Waals surface area (Å²) in [6.45, 7) is 2.05. The highest BCUT2D eigenvalue weighted by atomic mass is 16.1. The van der Waals surface area contributed by atoms with Gasteiger partial charge < -0.3 is 0 Å². The topological polar surface area (TPSA) is 60.7 Å². The lowest BCUT2D eigenvalue weighted by Crippen LogP contribution is -2.00. The Balaban J connectivity index is 1.39. The molecule has 0 amide bonds. The van der Waals surface area contributed by atoms with E-state index in [0.717, 1.165) is 33.8 Å². The zero-order chi connectivity index (χ0) is 21.9. The van der Waals surface area contributed by atoms with Crippen molar-refractivity contribution >= 4 is 5.78 Å². The van der Waals surface area contributed by atoms with Crippen molar-refractivity contribution in [1.82, 2.24) is 20.0 Å². The first-order chi connectivity index (χ1) is 15.7. The Bertz CT molecular complexity index is 1390. The predicted octanol–water partition coefficient (Wildman–Crippen LogP) is 5.54. The summed E-state index contributed by atoms with van der Waals surface area (Å²) in [7, 11) is 0. The molecule has 0 unspecified atom stereocenters. The molecule has 0 aliphatic rings. The van der Waals surface area contributed by atoms with Crippen LogP contribution in [0.2, 0.25) is 0 Å². The minimum absolute atomic E-state index is 0.00220. The number of aryl methyl sites for hydroxylation is 1. The summed E-state index contributed by atoms with van der Waals surface area (Å²) in [5, 5.41) is 8.62. The van der Waals surface area contributed by atoms with E-state index in [-0.39, 0.29) is 5.78 Å². The van der Waals surface area contributed by atoms with Gasteiger partial charge in [-0.3, -0.25) is 9.78 Å². The maximum absolute atomic E-state index is 12.6. The van der Waals surface area contributed by atoms with Crippen molar-refractivity contribution in [3.8, 4) is 28.2 Å². The molecule has 0 saturated heterocycles. The molecule has 5 nitrogen and oxygen atoms in total. The van der Waals surface area contributed by atoms with E-state index < -0.39 is 0 Å². The minimum atomic E-state index is 0.00220. The highest BCUT2D eigenvalue weighted by molar-refractivity contribution is 6.09. The Hall–Kier alpha value is -4.38. The summed E-state index contributed by atoms with van der Waals surface area (Å²) in [6.07, 6.45) is 3.70. The van der Waals surface area contributed by atoms with Crippen LogP contribution in [0.4, 0.5) is 0 Å². The molecule has 154 valence electrons. The number of hydrogen-bond donors (Lipinski definition) is 0. The summed E-state index contributed by atoms with van der Waals surface area (Å²) >= 11 is 0. The maximum Gasteiger partial charge on any atom is 0.193 e. The van der Waals surface area contributed by atoms with Crippen LogP contribution in [0.5, 0.6) is 0 Å². The van der Waals surface area contributed by atoms with Gasteiger partial charge in [-0.1, -0.05) is 71.9 Å². The quantitative estimate of drug-likeness (QED) is 0.353. The second-order valence-corrected chi connectivity index (χ2v) is 7.59. The van der Waals surface area contributed by atoms with Crippen LogP contribution >= 0.6 is 0 Å². The van der Waals surface area contributed by atoms with Crippen LogP contribution in [0.3, 0.4) is 0 Å². The lowest BCUT2D eigenvalue weighted by molar-refractivity contribution is 0.103. The van der Waals surface area contributed by atoms with E-state index in [9.17, 15) is 4.79 Å². The molecule has 0 saturated carbocycles. The van der Waals surface area contributed by atoms with Crippen molar-refractivity contribution in [2.24, 2.45) is 0 Å². The summed E-state index contributed by atoms with van der Waals surface area (Å²) in [5.41, 5.74) is 6.97. The van der Waals surface area contributed by atoms with Crippen LogP contribution in [-0.4, -0.2) is 25.8 Å². The third-order valence-electron chi connectivity index (χ3n) is 5.29. The average molecular weight is 416 g/mol. The fraction of sp³-hybridized carbons (Fsp3) is 0.0370. The van der Waals surface area contributed by atoms with E-state index >= 15 is 0 Å². The fourth-order valence-electron chi connectivity index (χ4n) is 3.57. The maximum atomic E-state index is 12.6. The first-order valence-electron chi connectivity index (χ1n) is 10.3. The van der Waals surface area contributed by atoms with E-state index in [1.807, 2.05) is 97.3 Å². The molecule has 0 fully saturated rings. The van der Waals surface area contributed by atoms with E-state index in [4.69, 9.17) is 0 Å². The van der Waals surface area contributed by atoms with Crippen LogP contribution < -0.4 is 0 Å². The summed E-state index contributed by atoms with van der Waals surface area (Å²) in [5.74, 6) is 0.00220. The molecule has 0 N–H and O–H groups in total. The molecule has 0 bridgehead atoms. The number of hydrogen-bond acceptors (Lipinski definition) is 4. The number of ketones is 1. The molecule has 0 radical (unpaired) electrons. The van der Waals surface area contributed by atoms with Gasteiger partial charge in [0.2, 0.25) is 0 Å². The number of aromatic nitrogens is 4. The predicted molar refractivity (Wildman–Crippen MR) is 125 cm³/mol. The van der Waals surface area contributed by atoms with Gasteiger partial charge in [-0.25, -0.2) is 4.68 Å². The highest BCUT2D eigenvalue weighted by Crippen LogP contribution is 2.23. The summed E-state index contributed by atoms with van der Waals surface area (Å²) in [6, 6.07) is 28.8. The highest BCUT2D eigenvalue weighted by Gasteiger charge is 2.11. The smallest absolute Gasteiger partial charge is 0.193 e. The molecule has 2 aromatic heterocycles. The Morgan fingerprint density at radius 3 is 2.31 bits per heavy atom. The van der Waals surface area contributed by atoms with E-state index in [1.165, 1.54) is 0 Å². The molecule has 0 aliphatic heterocycles. The number of benzene rings is 3. The van der Waals surface area contributed by atoms with Crippen molar-refractivity contribution in [2.45, 2.75) is 6.92 Å². The molecule has 5 rings (SSSR count). The van der Waals surface area contributed by atoms with Crippen LogP contribution in [0, 0.1) is 6.92 Å². The van der Waals surface area contributed by atoms with Crippen LogP contribution in [-0.2, 0) is 0 Å². The fourth-order valence-corrected chi connectivity index (χ4v) is 3.57. The first kappa shape index (κ1) is 19.6. The molecule has 0 spiro atoms. The number of carbonyl (C=O) groups excluding carboxylic acids is 1. The normalized spacial score (nSPS) is 10.8. The molecule has 0 atom stereocenters. The van der Waals surface area contributed by atoms with Gasteiger partial charge in [-0.2, -0.15) is 0 Å². The van der Waals surface area contributed by atoms with Crippen molar-refractivity contribution in [2.75, 3.05) is 0 Å². The second kappa shape index (κ2) is 8.40. The lowest BCUT2D eigenvalue weighted by atomic mass is 10.0. The van der Waals surface area contributed by atoms with Gasteiger partial charge in [0.1, 0.15) is 5.69 Å². The Labute approximate surface area is 186 Å². The van der Waals surface area contributed by atoms with Gasteiger partial charge in [-0.05, 0) is 36.8 Å². The van der Waals surface area contributed by atoms with Crippen LogP contribution in [0.15, 0.2) is 103 Å². The Morgan fingerprint density at radius 1 is 0.750 bits per heavy atom. The van der Waals surface area contributed by atoms with Gasteiger partial charge in [0.05, 0.1) is 17.6 Å². The van der Waals surface area contributed by atoms with Gasteiger partial charge in [0, 0.05) is 28.5 Å². The number of pyridine rings is 1. The lowest BCUT2D eigenvalue weighted by Gasteiger charge is -2.05. The molecule has 5 aromatic rings. The summed E-state index contributed by atoms with van der Waals surface area (Å²) < 4.78 is 1.75. The third kappa shape index (κ3) is 3.96. The zero-order valence-electron chi connectivity index (χ0n) is 17.5. The van der Waals surface area contributed by atoms with Crippen molar-refractivity contribution in [3.05, 3.63) is 120 Å². The van der Waals surface area contributed by atoms with Crippen molar-refractivity contribution in [3.63, 3.8) is 0 Å². The number of carbonyl (C=O) groups is 1. The van der Waals surface area contributed by atoms with E-state index in [0.29, 0.717) is 11.1 Å². The number of nitrogens with zero attached hydrogens (tertiary/aromatic N) is 4. The molecule has 2 heterocycles. The van der Waals surface area contributed by atoms with Crippen LogP contribution in [0.1, 0.15) is 21.5 Å². The zero-order valence-corrected chi connectivity index (χ0v) is 17.5. The minimum Gasteiger partial charge on any atom is -0.289 e. The standard InChI is InChI=1S/C27H20N4O/c1-19-14-15-28-25(16-19)23-8-5-9-24(17-23)31-18-26(29-30-31)20-10-12-22(13-11-20)27(32)21-6-3-2-4-7-21/h2-18H,1H3. The monoisotopic (exact) mass is 416 g/mol. The van der Waals surface area contributed by atoms with E-state index in [2.05, 4.69) is 28.3 Å².